The fourth-order valence-electron chi connectivity index (χ4n) is 1.22. The predicted molar refractivity (Wildman–Crippen MR) is 48.5 cm³/mol. The summed E-state index contributed by atoms with van der Waals surface area (Å²) in [5.74, 6) is -1.51. The number of aromatic carboxylic acids is 1. The molecule has 0 aliphatic carbocycles. The van der Waals surface area contributed by atoms with Gasteiger partial charge in [0, 0.05) is 6.54 Å². The van der Waals surface area contributed by atoms with Gasteiger partial charge in [0.15, 0.2) is 0 Å². The Morgan fingerprint density at radius 1 is 1.60 bits per heavy atom. The van der Waals surface area contributed by atoms with Crippen molar-refractivity contribution in [3.05, 3.63) is 23.0 Å². The largest absolute Gasteiger partial charge is 0.478 e. The van der Waals surface area contributed by atoms with Crippen LogP contribution < -0.4 is 11.5 Å². The zero-order chi connectivity index (χ0) is 11.6. The number of halogens is 2. The second-order valence-corrected chi connectivity index (χ2v) is 2.76. The number of pyridine rings is 1. The van der Waals surface area contributed by atoms with Crippen LogP contribution in [0.1, 0.15) is 28.0 Å². The minimum Gasteiger partial charge on any atom is -0.478 e. The Labute approximate surface area is 83.7 Å². The summed E-state index contributed by atoms with van der Waals surface area (Å²) in [7, 11) is 0. The van der Waals surface area contributed by atoms with Crippen LogP contribution in [-0.4, -0.2) is 16.1 Å². The quantitative estimate of drug-likeness (QED) is 0.693. The lowest BCUT2D eigenvalue weighted by Crippen LogP contribution is -2.14. The van der Waals surface area contributed by atoms with E-state index in [0.717, 1.165) is 6.20 Å². The van der Waals surface area contributed by atoms with Crippen LogP contribution in [0.3, 0.4) is 0 Å². The Morgan fingerprint density at radius 2 is 2.20 bits per heavy atom. The predicted octanol–water partition coefficient (Wildman–Crippen LogP) is 0.758. The first kappa shape index (κ1) is 11.3. The Bertz CT molecular complexity index is 396. The zero-order valence-corrected chi connectivity index (χ0v) is 7.58. The fourth-order valence-corrected chi connectivity index (χ4v) is 1.22. The smallest absolute Gasteiger partial charge is 0.338 e. The van der Waals surface area contributed by atoms with Crippen molar-refractivity contribution in [3.63, 3.8) is 0 Å². The summed E-state index contributed by atoms with van der Waals surface area (Å²) in [4.78, 5) is 14.3. The molecule has 0 aliphatic rings. The Hall–Kier alpha value is -1.76. The minimum absolute atomic E-state index is 0.156. The van der Waals surface area contributed by atoms with Crippen molar-refractivity contribution in [2.24, 2.45) is 5.73 Å². The average molecular weight is 217 g/mol. The van der Waals surface area contributed by atoms with Gasteiger partial charge in [0.1, 0.15) is 0 Å². The Balaban J connectivity index is 3.51. The summed E-state index contributed by atoms with van der Waals surface area (Å²) in [6.07, 6.45) is -1.96. The van der Waals surface area contributed by atoms with Crippen LogP contribution in [0.25, 0.3) is 0 Å². The summed E-state index contributed by atoms with van der Waals surface area (Å²) in [6, 6.07) is 0. The van der Waals surface area contributed by atoms with Gasteiger partial charge in [-0.05, 0) is 0 Å². The fraction of sp³-hybridized carbons (Fsp3) is 0.250. The number of hydrogen-bond acceptors (Lipinski definition) is 4. The van der Waals surface area contributed by atoms with Crippen LogP contribution in [0.4, 0.5) is 14.5 Å². The molecule has 0 bridgehead atoms. The summed E-state index contributed by atoms with van der Waals surface area (Å²) < 4.78 is 25.2. The first-order valence-corrected chi connectivity index (χ1v) is 3.97. The standard InChI is InChI=1S/C8H9F2N3O2/c9-7(10)6-4(1-11)13-2-3(12)5(6)8(14)15/h2,7H,1,11-12H2,(H,14,15). The van der Waals surface area contributed by atoms with Crippen LogP contribution in [0.5, 0.6) is 0 Å². The molecule has 0 unspecified atom stereocenters. The zero-order valence-electron chi connectivity index (χ0n) is 7.58. The molecule has 1 rings (SSSR count). The second kappa shape index (κ2) is 4.18. The number of alkyl halides is 2. The number of rotatable bonds is 3. The van der Waals surface area contributed by atoms with Gasteiger partial charge in [-0.25, -0.2) is 13.6 Å². The maximum Gasteiger partial charge on any atom is 0.338 e. The monoisotopic (exact) mass is 217 g/mol. The van der Waals surface area contributed by atoms with E-state index in [4.69, 9.17) is 16.6 Å². The molecule has 0 saturated carbocycles. The number of carboxylic acids is 1. The van der Waals surface area contributed by atoms with E-state index in [1.54, 1.807) is 0 Å². The van der Waals surface area contributed by atoms with Crippen LogP contribution in [0.2, 0.25) is 0 Å². The van der Waals surface area contributed by atoms with Crippen LogP contribution >= 0.6 is 0 Å². The highest BCUT2D eigenvalue weighted by molar-refractivity contribution is 5.95. The lowest BCUT2D eigenvalue weighted by molar-refractivity contribution is 0.0685. The lowest BCUT2D eigenvalue weighted by Gasteiger charge is -2.11. The molecule has 0 aliphatic heterocycles. The third-order valence-corrected chi connectivity index (χ3v) is 1.85. The highest BCUT2D eigenvalue weighted by atomic mass is 19.3. The molecular formula is C8H9F2N3O2. The van der Waals surface area contributed by atoms with Gasteiger partial charge in [0.25, 0.3) is 6.43 Å². The van der Waals surface area contributed by atoms with Gasteiger partial charge >= 0.3 is 5.97 Å². The number of nitrogen functional groups attached to an aromatic ring is 1. The molecular weight excluding hydrogens is 208 g/mol. The molecule has 5 nitrogen and oxygen atoms in total. The van der Waals surface area contributed by atoms with Gasteiger partial charge in [-0.3, -0.25) is 4.98 Å². The third kappa shape index (κ3) is 2.01. The van der Waals surface area contributed by atoms with Crippen molar-refractivity contribution < 1.29 is 18.7 Å². The third-order valence-electron chi connectivity index (χ3n) is 1.85. The topological polar surface area (TPSA) is 102 Å². The second-order valence-electron chi connectivity index (χ2n) is 2.76. The maximum absolute atomic E-state index is 12.6. The summed E-state index contributed by atoms with van der Waals surface area (Å²) >= 11 is 0. The SMILES string of the molecule is NCc1ncc(N)c(C(=O)O)c1C(F)F. The number of hydrogen-bond donors (Lipinski definition) is 3. The van der Waals surface area contributed by atoms with Crippen molar-refractivity contribution in [3.8, 4) is 0 Å². The van der Waals surface area contributed by atoms with E-state index in [1.807, 2.05) is 0 Å². The highest BCUT2D eigenvalue weighted by Crippen LogP contribution is 2.28. The van der Waals surface area contributed by atoms with Crippen LogP contribution in [0.15, 0.2) is 6.20 Å². The summed E-state index contributed by atoms with van der Waals surface area (Å²) in [5, 5.41) is 8.73. The van der Waals surface area contributed by atoms with Gasteiger partial charge in [0.05, 0.1) is 28.7 Å². The molecule has 0 saturated heterocycles. The molecule has 0 amide bonds. The minimum atomic E-state index is -2.97. The molecule has 0 spiro atoms. The molecule has 1 aromatic rings. The average Bonchev–Trinajstić information content (AvgIpc) is 2.16. The van der Waals surface area contributed by atoms with Crippen molar-refractivity contribution in [1.29, 1.82) is 0 Å². The van der Waals surface area contributed by atoms with E-state index >= 15 is 0 Å². The molecule has 82 valence electrons. The first-order valence-electron chi connectivity index (χ1n) is 3.97. The number of carboxylic acid groups (broad SMARTS) is 1. The Kier molecular flexibility index (Phi) is 3.15. The van der Waals surface area contributed by atoms with E-state index in [-0.39, 0.29) is 17.9 Å². The van der Waals surface area contributed by atoms with Crippen molar-refractivity contribution in [1.82, 2.24) is 4.98 Å². The highest BCUT2D eigenvalue weighted by Gasteiger charge is 2.24. The van der Waals surface area contributed by atoms with Gasteiger partial charge in [0.2, 0.25) is 0 Å². The van der Waals surface area contributed by atoms with E-state index in [9.17, 15) is 13.6 Å². The molecule has 1 heterocycles. The van der Waals surface area contributed by atoms with Crippen LogP contribution in [0, 0.1) is 0 Å². The molecule has 0 fully saturated rings. The summed E-state index contributed by atoms with van der Waals surface area (Å²) in [6.45, 7) is -0.264. The number of nitrogens with two attached hydrogens (primary N) is 2. The van der Waals surface area contributed by atoms with Gasteiger partial charge in [-0.15, -0.1) is 0 Å². The van der Waals surface area contributed by atoms with Gasteiger partial charge in [-0.2, -0.15) is 0 Å². The van der Waals surface area contributed by atoms with Crippen molar-refractivity contribution >= 4 is 11.7 Å². The molecule has 5 N–H and O–H groups in total. The molecule has 0 aromatic carbocycles. The summed E-state index contributed by atoms with van der Waals surface area (Å²) in [5.41, 5.74) is 8.66. The molecule has 0 atom stereocenters. The molecule has 15 heavy (non-hydrogen) atoms. The molecule has 1 aromatic heterocycles. The first-order chi connectivity index (χ1) is 6.99. The van der Waals surface area contributed by atoms with Crippen molar-refractivity contribution in [2.75, 3.05) is 5.73 Å². The normalized spacial score (nSPS) is 10.7. The van der Waals surface area contributed by atoms with E-state index < -0.39 is 23.5 Å². The number of carbonyl (C=O) groups is 1. The Morgan fingerprint density at radius 3 is 2.60 bits per heavy atom. The van der Waals surface area contributed by atoms with E-state index in [2.05, 4.69) is 4.98 Å². The lowest BCUT2D eigenvalue weighted by atomic mass is 10.1. The van der Waals surface area contributed by atoms with Gasteiger partial charge in [-0.1, -0.05) is 0 Å². The molecule has 7 heteroatoms. The van der Waals surface area contributed by atoms with Crippen LogP contribution in [-0.2, 0) is 6.54 Å². The number of aromatic nitrogens is 1. The van der Waals surface area contributed by atoms with Gasteiger partial charge < -0.3 is 16.6 Å². The number of anilines is 1. The van der Waals surface area contributed by atoms with E-state index in [0.29, 0.717) is 0 Å². The molecule has 0 radical (unpaired) electrons. The van der Waals surface area contributed by atoms with E-state index in [1.165, 1.54) is 0 Å². The van der Waals surface area contributed by atoms with Crippen molar-refractivity contribution in [2.45, 2.75) is 13.0 Å². The number of nitrogens with zero attached hydrogens (tertiary/aromatic N) is 1. The maximum atomic E-state index is 12.6.